The zero-order valence-corrected chi connectivity index (χ0v) is 14.9. The molecule has 146 valence electrons. The maximum absolute atomic E-state index is 12.0. The monoisotopic (exact) mass is 376 g/mol. The molecular weight excluding hydrogens is 356 g/mol. The second-order valence-electron chi connectivity index (χ2n) is 5.28. The molecule has 0 aromatic rings. The van der Waals surface area contributed by atoms with E-state index in [2.05, 4.69) is 4.74 Å². The van der Waals surface area contributed by atoms with E-state index >= 15 is 0 Å². The zero-order chi connectivity index (χ0) is 20.0. The van der Waals surface area contributed by atoms with Crippen molar-refractivity contribution in [3.8, 4) is 0 Å². The highest BCUT2D eigenvalue weighted by Gasteiger charge is 2.56. The third kappa shape index (κ3) is 5.69. The van der Waals surface area contributed by atoms with Crippen LogP contribution in [0.25, 0.3) is 0 Å². The van der Waals surface area contributed by atoms with Crippen LogP contribution in [0.1, 0.15) is 27.7 Å². The van der Waals surface area contributed by atoms with Crippen molar-refractivity contribution in [2.45, 2.75) is 58.4 Å². The normalized spacial score (nSPS) is 27.7. The summed E-state index contributed by atoms with van der Waals surface area (Å²) >= 11 is 0. The van der Waals surface area contributed by atoms with Crippen molar-refractivity contribution in [3.63, 3.8) is 0 Å². The van der Waals surface area contributed by atoms with Gasteiger partial charge in [-0.15, -0.1) is 0 Å². The minimum atomic E-state index is -1.60. The second-order valence-corrected chi connectivity index (χ2v) is 5.28. The topological polar surface area (TPSA) is 141 Å². The maximum Gasteiger partial charge on any atom is 0.339 e. The van der Waals surface area contributed by atoms with Crippen LogP contribution in [0, 0.1) is 0 Å². The van der Waals surface area contributed by atoms with E-state index in [0.717, 1.165) is 34.8 Å². The van der Waals surface area contributed by atoms with Crippen LogP contribution in [0.5, 0.6) is 0 Å². The molecule has 1 aliphatic heterocycles. The number of methoxy groups -OCH3 is 1. The molecule has 1 saturated heterocycles. The lowest BCUT2D eigenvalue weighted by Gasteiger charge is -2.42. The molecule has 0 amide bonds. The summed E-state index contributed by atoms with van der Waals surface area (Å²) in [5.41, 5.74) is 0. The predicted molar refractivity (Wildman–Crippen MR) is 79.1 cm³/mol. The molecule has 0 aliphatic carbocycles. The Hall–Kier alpha value is -2.69. The number of esters is 5. The molecule has 0 radical (unpaired) electrons. The molecule has 0 aromatic heterocycles. The van der Waals surface area contributed by atoms with Gasteiger partial charge >= 0.3 is 29.8 Å². The van der Waals surface area contributed by atoms with E-state index in [4.69, 9.17) is 23.7 Å². The first kappa shape index (κ1) is 21.4. The molecule has 11 nitrogen and oxygen atoms in total. The first-order valence-corrected chi connectivity index (χ1v) is 7.49. The number of ether oxygens (including phenoxy) is 6. The highest BCUT2D eigenvalue weighted by atomic mass is 16.7. The van der Waals surface area contributed by atoms with E-state index in [-0.39, 0.29) is 0 Å². The van der Waals surface area contributed by atoms with Crippen molar-refractivity contribution in [2.75, 3.05) is 7.11 Å². The number of carbonyl (C=O) groups excluding carboxylic acids is 5. The number of hydrogen-bond acceptors (Lipinski definition) is 11. The van der Waals surface area contributed by atoms with Crippen LogP contribution in [0.3, 0.4) is 0 Å². The van der Waals surface area contributed by atoms with Crippen molar-refractivity contribution < 1.29 is 52.4 Å². The molecule has 1 aliphatic rings. The number of rotatable bonds is 5. The molecule has 1 rings (SSSR count). The molecule has 0 saturated carbocycles. The van der Waals surface area contributed by atoms with Crippen molar-refractivity contribution in [1.29, 1.82) is 0 Å². The Morgan fingerprint density at radius 1 is 0.654 bits per heavy atom. The summed E-state index contributed by atoms with van der Waals surface area (Å²) in [7, 11) is 1.05. The SMILES string of the molecule is COC(=O)[C@@H]1O[C@H](OC(C)=O)[C@H](OC(C)=O)[C@@H](OC(C)=O)[C@H]1OC(C)=O. The summed E-state index contributed by atoms with van der Waals surface area (Å²) in [6.07, 6.45) is -7.66. The first-order chi connectivity index (χ1) is 12.1. The second kappa shape index (κ2) is 9.13. The predicted octanol–water partition coefficient (Wildman–Crippen LogP) is -0.757. The fourth-order valence-corrected chi connectivity index (χ4v) is 2.34. The van der Waals surface area contributed by atoms with Crippen molar-refractivity contribution in [3.05, 3.63) is 0 Å². The fourth-order valence-electron chi connectivity index (χ4n) is 2.34. The van der Waals surface area contributed by atoms with Gasteiger partial charge in [0.1, 0.15) is 0 Å². The van der Waals surface area contributed by atoms with Gasteiger partial charge in [-0.1, -0.05) is 0 Å². The summed E-state index contributed by atoms with van der Waals surface area (Å²) in [5, 5.41) is 0. The lowest BCUT2D eigenvalue weighted by atomic mass is 9.97. The smallest absolute Gasteiger partial charge is 0.339 e. The van der Waals surface area contributed by atoms with E-state index in [0.29, 0.717) is 0 Å². The molecule has 26 heavy (non-hydrogen) atoms. The standard InChI is InChI=1S/C15H20O11/c1-6(16)22-10-11(23-7(2)17)13(24-8(3)18)15(25-9(4)19)26-12(10)14(20)21-5/h10-13,15H,1-5H3/t10-,11+,12-,13-,15+/m1/s1. The van der Waals surface area contributed by atoms with Crippen molar-refractivity contribution >= 4 is 29.8 Å². The van der Waals surface area contributed by atoms with E-state index in [9.17, 15) is 24.0 Å². The van der Waals surface area contributed by atoms with Gasteiger partial charge in [-0.25, -0.2) is 4.79 Å². The van der Waals surface area contributed by atoms with Gasteiger partial charge in [-0.05, 0) is 0 Å². The molecule has 0 unspecified atom stereocenters. The Balaban J connectivity index is 3.37. The average molecular weight is 376 g/mol. The summed E-state index contributed by atoms with van der Waals surface area (Å²) in [6.45, 7) is 4.22. The lowest BCUT2D eigenvalue weighted by Crippen LogP contribution is -2.64. The van der Waals surface area contributed by atoms with E-state index in [1.54, 1.807) is 0 Å². The van der Waals surface area contributed by atoms with Crippen LogP contribution in [-0.2, 0) is 52.4 Å². The molecule has 0 spiro atoms. The molecule has 0 N–H and O–H groups in total. The Morgan fingerprint density at radius 3 is 1.50 bits per heavy atom. The largest absolute Gasteiger partial charge is 0.467 e. The van der Waals surface area contributed by atoms with Gasteiger partial charge in [0, 0.05) is 27.7 Å². The number of hydrogen-bond donors (Lipinski definition) is 0. The summed E-state index contributed by atoms with van der Waals surface area (Å²) < 4.78 is 30.0. The highest BCUT2D eigenvalue weighted by molar-refractivity contribution is 5.77. The van der Waals surface area contributed by atoms with Crippen molar-refractivity contribution in [1.82, 2.24) is 0 Å². The van der Waals surface area contributed by atoms with Gasteiger partial charge in [0.2, 0.25) is 12.4 Å². The summed E-state index contributed by atoms with van der Waals surface area (Å²) in [4.78, 5) is 57.7. The van der Waals surface area contributed by atoms with Crippen LogP contribution in [0.4, 0.5) is 0 Å². The Bertz CT molecular complexity index is 584. The average Bonchev–Trinajstić information content (AvgIpc) is 2.50. The Morgan fingerprint density at radius 2 is 1.08 bits per heavy atom. The van der Waals surface area contributed by atoms with Gasteiger partial charge in [-0.3, -0.25) is 19.2 Å². The molecule has 1 heterocycles. The quantitative estimate of drug-likeness (QED) is 0.441. The third-order valence-electron chi connectivity index (χ3n) is 3.12. The van der Waals surface area contributed by atoms with Crippen LogP contribution >= 0.6 is 0 Å². The lowest BCUT2D eigenvalue weighted by molar-refractivity contribution is -0.294. The van der Waals surface area contributed by atoms with Gasteiger partial charge < -0.3 is 28.4 Å². The van der Waals surface area contributed by atoms with Crippen LogP contribution in [0.2, 0.25) is 0 Å². The third-order valence-corrected chi connectivity index (χ3v) is 3.12. The molecule has 11 heteroatoms. The number of carbonyl (C=O) groups is 5. The minimum Gasteiger partial charge on any atom is -0.467 e. The molecule has 1 fully saturated rings. The molecule has 0 bridgehead atoms. The van der Waals surface area contributed by atoms with Gasteiger partial charge in [0.15, 0.2) is 18.3 Å². The van der Waals surface area contributed by atoms with Crippen LogP contribution in [0.15, 0.2) is 0 Å². The van der Waals surface area contributed by atoms with Gasteiger partial charge in [0.25, 0.3) is 0 Å². The van der Waals surface area contributed by atoms with E-state index < -0.39 is 60.6 Å². The molecular formula is C15H20O11. The van der Waals surface area contributed by atoms with Crippen molar-refractivity contribution in [2.24, 2.45) is 0 Å². The van der Waals surface area contributed by atoms with Crippen LogP contribution < -0.4 is 0 Å². The summed E-state index contributed by atoms with van der Waals surface area (Å²) in [6, 6.07) is 0. The Labute approximate surface area is 148 Å². The highest BCUT2D eigenvalue weighted by Crippen LogP contribution is 2.30. The summed E-state index contributed by atoms with van der Waals surface area (Å²) in [5.74, 6) is -4.25. The van der Waals surface area contributed by atoms with E-state index in [1.165, 1.54) is 0 Å². The van der Waals surface area contributed by atoms with Crippen LogP contribution in [-0.4, -0.2) is 67.7 Å². The first-order valence-electron chi connectivity index (χ1n) is 7.49. The Kier molecular flexibility index (Phi) is 7.50. The van der Waals surface area contributed by atoms with Gasteiger partial charge in [-0.2, -0.15) is 0 Å². The molecule has 5 atom stereocenters. The minimum absolute atomic E-state index is 0.814. The van der Waals surface area contributed by atoms with Gasteiger partial charge in [0.05, 0.1) is 7.11 Å². The zero-order valence-electron chi connectivity index (χ0n) is 14.9. The fraction of sp³-hybridized carbons (Fsp3) is 0.667. The maximum atomic E-state index is 12.0. The van der Waals surface area contributed by atoms with E-state index in [1.807, 2.05) is 0 Å². The molecule has 0 aromatic carbocycles.